The van der Waals surface area contributed by atoms with Gasteiger partial charge < -0.3 is 5.11 Å². The summed E-state index contributed by atoms with van der Waals surface area (Å²) in [6, 6.07) is 11.0. The van der Waals surface area contributed by atoms with Gasteiger partial charge in [-0.05, 0) is 30.0 Å². The standard InChI is InChI=1S/C16H24OSi/c1-5-14(13-18(2,3)4)11-12-16(17)15-9-7-6-8-10-15/h6-10,16-17H,1,11-13H2,2-4H3. The Balaban J connectivity index is 2.52. The summed E-state index contributed by atoms with van der Waals surface area (Å²) in [5.41, 5.74) is 5.32. The minimum Gasteiger partial charge on any atom is -0.388 e. The van der Waals surface area contributed by atoms with Gasteiger partial charge in [0.25, 0.3) is 0 Å². The normalized spacial score (nSPS) is 12.9. The highest BCUT2D eigenvalue weighted by Crippen LogP contribution is 2.24. The van der Waals surface area contributed by atoms with Crippen LogP contribution in [0.5, 0.6) is 0 Å². The molecule has 1 aromatic carbocycles. The zero-order chi connectivity index (χ0) is 13.6. The van der Waals surface area contributed by atoms with Gasteiger partial charge in [0.2, 0.25) is 0 Å². The summed E-state index contributed by atoms with van der Waals surface area (Å²) < 4.78 is 0. The van der Waals surface area contributed by atoms with Crippen LogP contribution in [0, 0.1) is 0 Å². The van der Waals surface area contributed by atoms with E-state index in [9.17, 15) is 5.11 Å². The maximum Gasteiger partial charge on any atom is 0.0793 e. The fourth-order valence-corrected chi connectivity index (χ4v) is 3.61. The van der Waals surface area contributed by atoms with Gasteiger partial charge in [-0.15, -0.1) is 5.73 Å². The van der Waals surface area contributed by atoms with E-state index in [0.717, 1.165) is 24.4 Å². The molecule has 1 nitrogen and oxygen atoms in total. The maximum atomic E-state index is 10.1. The van der Waals surface area contributed by atoms with Gasteiger partial charge in [-0.25, -0.2) is 0 Å². The first-order chi connectivity index (χ1) is 8.42. The molecular formula is C16H24OSi. The fourth-order valence-electron chi connectivity index (χ4n) is 2.03. The predicted molar refractivity (Wildman–Crippen MR) is 81.4 cm³/mol. The van der Waals surface area contributed by atoms with Crippen LogP contribution in [-0.2, 0) is 0 Å². The van der Waals surface area contributed by atoms with Gasteiger partial charge in [0.15, 0.2) is 0 Å². The first-order valence-electron chi connectivity index (χ1n) is 6.53. The first-order valence-corrected chi connectivity index (χ1v) is 10.2. The van der Waals surface area contributed by atoms with Gasteiger partial charge in [0.05, 0.1) is 6.10 Å². The molecule has 0 aliphatic carbocycles. The van der Waals surface area contributed by atoms with Crippen molar-refractivity contribution >= 4 is 8.07 Å². The third kappa shape index (κ3) is 5.50. The zero-order valence-electron chi connectivity index (χ0n) is 11.7. The van der Waals surface area contributed by atoms with E-state index in [1.807, 2.05) is 30.3 Å². The van der Waals surface area contributed by atoms with Gasteiger partial charge in [0.1, 0.15) is 0 Å². The molecule has 0 spiro atoms. The molecule has 0 amide bonds. The molecule has 1 atom stereocenters. The molecule has 1 rings (SSSR count). The smallest absolute Gasteiger partial charge is 0.0793 e. The van der Waals surface area contributed by atoms with Gasteiger partial charge >= 0.3 is 0 Å². The average Bonchev–Trinajstić information content (AvgIpc) is 2.33. The Morgan fingerprint density at radius 2 is 1.89 bits per heavy atom. The Morgan fingerprint density at radius 1 is 1.28 bits per heavy atom. The SMILES string of the molecule is C=C=C(CCC(O)c1ccccc1)C[Si](C)(C)C. The van der Waals surface area contributed by atoms with Crippen molar-refractivity contribution < 1.29 is 5.11 Å². The molecule has 98 valence electrons. The van der Waals surface area contributed by atoms with Crippen molar-refractivity contribution in [3.05, 3.63) is 53.8 Å². The van der Waals surface area contributed by atoms with Gasteiger partial charge in [-0.3, -0.25) is 0 Å². The van der Waals surface area contributed by atoms with E-state index in [0.29, 0.717) is 0 Å². The van der Waals surface area contributed by atoms with E-state index in [1.165, 1.54) is 5.57 Å². The van der Waals surface area contributed by atoms with Crippen LogP contribution in [0.1, 0.15) is 24.5 Å². The Kier molecular flexibility index (Phi) is 5.61. The average molecular weight is 260 g/mol. The molecular weight excluding hydrogens is 236 g/mol. The molecule has 0 radical (unpaired) electrons. The van der Waals surface area contributed by atoms with Crippen LogP contribution in [-0.4, -0.2) is 13.2 Å². The highest BCUT2D eigenvalue weighted by Gasteiger charge is 2.16. The largest absolute Gasteiger partial charge is 0.388 e. The summed E-state index contributed by atoms with van der Waals surface area (Å²) in [5.74, 6) is 0. The summed E-state index contributed by atoms with van der Waals surface area (Å²) in [7, 11) is -1.11. The van der Waals surface area contributed by atoms with Crippen LogP contribution in [0.2, 0.25) is 25.7 Å². The minimum absolute atomic E-state index is 0.379. The maximum absolute atomic E-state index is 10.1. The number of hydrogen-bond acceptors (Lipinski definition) is 1. The van der Waals surface area contributed by atoms with Crippen LogP contribution in [0.4, 0.5) is 0 Å². The van der Waals surface area contributed by atoms with E-state index in [-0.39, 0.29) is 6.10 Å². The Labute approximate surface area is 112 Å². The van der Waals surface area contributed by atoms with Crippen molar-refractivity contribution in [1.82, 2.24) is 0 Å². The molecule has 0 heterocycles. The van der Waals surface area contributed by atoms with E-state index >= 15 is 0 Å². The Bertz CT molecular complexity index is 410. The number of allylic oxidation sites excluding steroid dienone is 1. The molecule has 0 aliphatic rings. The minimum atomic E-state index is -1.11. The number of aliphatic hydroxyl groups is 1. The molecule has 2 heteroatoms. The molecule has 0 aromatic heterocycles. The Hall–Kier alpha value is -1.08. The van der Waals surface area contributed by atoms with Crippen molar-refractivity contribution in [2.24, 2.45) is 0 Å². The molecule has 1 unspecified atom stereocenters. The number of hydrogen-bond donors (Lipinski definition) is 1. The second-order valence-corrected chi connectivity index (χ2v) is 11.5. The van der Waals surface area contributed by atoms with Gasteiger partial charge in [0, 0.05) is 8.07 Å². The lowest BCUT2D eigenvalue weighted by Gasteiger charge is -2.18. The van der Waals surface area contributed by atoms with E-state index in [1.54, 1.807) is 0 Å². The highest BCUT2D eigenvalue weighted by molar-refractivity contribution is 6.76. The second-order valence-electron chi connectivity index (χ2n) is 5.98. The van der Waals surface area contributed by atoms with Crippen LogP contribution in [0.3, 0.4) is 0 Å². The summed E-state index contributed by atoms with van der Waals surface area (Å²) in [6.07, 6.45) is 1.27. The molecule has 0 saturated heterocycles. The molecule has 1 aromatic rings. The Morgan fingerprint density at radius 3 is 2.39 bits per heavy atom. The topological polar surface area (TPSA) is 20.2 Å². The van der Waals surface area contributed by atoms with Crippen LogP contribution < -0.4 is 0 Å². The molecule has 0 bridgehead atoms. The van der Waals surface area contributed by atoms with Crippen molar-refractivity contribution in [1.29, 1.82) is 0 Å². The van der Waals surface area contributed by atoms with E-state index in [2.05, 4.69) is 32.0 Å². The third-order valence-corrected chi connectivity index (χ3v) is 4.39. The number of aliphatic hydroxyl groups excluding tert-OH is 1. The van der Waals surface area contributed by atoms with E-state index in [4.69, 9.17) is 0 Å². The van der Waals surface area contributed by atoms with Crippen LogP contribution >= 0.6 is 0 Å². The summed E-state index contributed by atoms with van der Waals surface area (Å²) in [4.78, 5) is 0. The van der Waals surface area contributed by atoms with Crippen molar-refractivity contribution in [2.75, 3.05) is 0 Å². The summed E-state index contributed by atoms with van der Waals surface area (Å²) in [6.45, 7) is 10.8. The zero-order valence-corrected chi connectivity index (χ0v) is 12.7. The van der Waals surface area contributed by atoms with E-state index < -0.39 is 8.07 Å². The lowest BCUT2D eigenvalue weighted by atomic mass is 10.0. The van der Waals surface area contributed by atoms with Crippen molar-refractivity contribution in [3.8, 4) is 0 Å². The molecule has 0 saturated carbocycles. The third-order valence-electron chi connectivity index (χ3n) is 2.90. The first kappa shape index (κ1) is 15.0. The monoisotopic (exact) mass is 260 g/mol. The highest BCUT2D eigenvalue weighted by atomic mass is 28.3. The van der Waals surface area contributed by atoms with Crippen molar-refractivity contribution in [2.45, 2.75) is 44.6 Å². The van der Waals surface area contributed by atoms with Gasteiger partial charge in [-0.1, -0.05) is 56.6 Å². The second kappa shape index (κ2) is 6.74. The lowest BCUT2D eigenvalue weighted by molar-refractivity contribution is 0.168. The fraction of sp³-hybridized carbons (Fsp3) is 0.438. The van der Waals surface area contributed by atoms with Gasteiger partial charge in [-0.2, -0.15) is 0 Å². The molecule has 1 N–H and O–H groups in total. The lowest BCUT2D eigenvalue weighted by Crippen LogP contribution is -2.19. The number of benzene rings is 1. The number of rotatable bonds is 6. The summed E-state index contributed by atoms with van der Waals surface area (Å²) >= 11 is 0. The van der Waals surface area contributed by atoms with Crippen LogP contribution in [0.15, 0.2) is 48.2 Å². The summed E-state index contributed by atoms with van der Waals surface area (Å²) in [5, 5.41) is 10.1. The van der Waals surface area contributed by atoms with Crippen LogP contribution in [0.25, 0.3) is 0 Å². The quantitative estimate of drug-likeness (QED) is 0.587. The molecule has 0 aliphatic heterocycles. The molecule has 18 heavy (non-hydrogen) atoms. The van der Waals surface area contributed by atoms with Crippen molar-refractivity contribution in [3.63, 3.8) is 0 Å². The predicted octanol–water partition coefficient (Wildman–Crippen LogP) is 4.55. The molecule has 0 fully saturated rings.